The number of benzene rings is 2. The molecule has 2 aromatic rings. The van der Waals surface area contributed by atoms with Gasteiger partial charge in [0.25, 0.3) is 5.91 Å². The molecule has 5 heteroatoms. The van der Waals surface area contributed by atoms with Crippen molar-refractivity contribution in [2.24, 2.45) is 0 Å². The predicted octanol–water partition coefficient (Wildman–Crippen LogP) is 3.39. The molecule has 2 aromatic carbocycles. The van der Waals surface area contributed by atoms with Gasteiger partial charge in [0.2, 0.25) is 5.91 Å². The van der Waals surface area contributed by atoms with E-state index in [1.54, 1.807) is 31.3 Å². The summed E-state index contributed by atoms with van der Waals surface area (Å²) in [5.41, 5.74) is 3.48. The maximum atomic E-state index is 12.1. The minimum atomic E-state index is -0.175. The third-order valence-corrected chi connectivity index (χ3v) is 4.50. The molecule has 0 unspecified atom stereocenters. The summed E-state index contributed by atoms with van der Waals surface area (Å²) in [6.45, 7) is 4.07. The summed E-state index contributed by atoms with van der Waals surface area (Å²) in [6, 6.07) is 13.1. The first-order valence-electron chi connectivity index (χ1n) is 7.31. The Morgan fingerprint density at radius 1 is 1.09 bits per heavy atom. The maximum absolute atomic E-state index is 12.1. The monoisotopic (exact) mass is 328 g/mol. The van der Waals surface area contributed by atoms with Gasteiger partial charge in [0.05, 0.1) is 5.75 Å². The van der Waals surface area contributed by atoms with Crippen molar-refractivity contribution in [3.8, 4) is 0 Å². The standard InChI is InChI=1S/C18H20N2O2S/c1-12-7-8-13(2)16(9-12)23-11-17(21)20-15-6-4-5-14(10-15)18(22)19-3/h4-10H,11H2,1-3H3,(H,19,22)(H,20,21). The van der Waals surface area contributed by atoms with Crippen LogP contribution in [0.15, 0.2) is 47.4 Å². The molecule has 0 fully saturated rings. The molecular formula is C18H20N2O2S. The van der Waals surface area contributed by atoms with Crippen LogP contribution in [0.5, 0.6) is 0 Å². The van der Waals surface area contributed by atoms with Crippen molar-refractivity contribution in [2.75, 3.05) is 18.1 Å². The minimum absolute atomic E-state index is 0.0926. The topological polar surface area (TPSA) is 58.2 Å². The van der Waals surface area contributed by atoms with Crippen molar-refractivity contribution in [3.05, 3.63) is 59.2 Å². The predicted molar refractivity (Wildman–Crippen MR) is 95.1 cm³/mol. The Balaban J connectivity index is 1.97. The van der Waals surface area contributed by atoms with E-state index in [2.05, 4.69) is 28.8 Å². The van der Waals surface area contributed by atoms with Crippen LogP contribution in [0.3, 0.4) is 0 Å². The number of rotatable bonds is 5. The molecule has 0 saturated carbocycles. The number of amides is 2. The molecular weight excluding hydrogens is 308 g/mol. The first-order valence-corrected chi connectivity index (χ1v) is 8.30. The number of thioether (sulfide) groups is 1. The molecule has 0 aromatic heterocycles. The average molecular weight is 328 g/mol. The van der Waals surface area contributed by atoms with E-state index in [-0.39, 0.29) is 11.8 Å². The van der Waals surface area contributed by atoms with Crippen LogP contribution in [-0.4, -0.2) is 24.6 Å². The Kier molecular flexibility index (Phi) is 5.82. The summed E-state index contributed by atoms with van der Waals surface area (Å²) in [5, 5.41) is 5.39. The van der Waals surface area contributed by atoms with E-state index in [0.29, 0.717) is 17.0 Å². The van der Waals surface area contributed by atoms with E-state index < -0.39 is 0 Å². The van der Waals surface area contributed by atoms with Crippen molar-refractivity contribution in [3.63, 3.8) is 0 Å². The summed E-state index contributed by atoms with van der Waals surface area (Å²) in [5.74, 6) is 0.0601. The first kappa shape index (κ1) is 17.1. The Morgan fingerprint density at radius 2 is 1.87 bits per heavy atom. The molecule has 0 heterocycles. The average Bonchev–Trinajstić information content (AvgIpc) is 2.55. The highest BCUT2D eigenvalue weighted by atomic mass is 32.2. The van der Waals surface area contributed by atoms with Crippen LogP contribution in [0, 0.1) is 13.8 Å². The second kappa shape index (κ2) is 7.83. The van der Waals surface area contributed by atoms with Crippen molar-refractivity contribution in [1.82, 2.24) is 5.32 Å². The highest BCUT2D eigenvalue weighted by molar-refractivity contribution is 8.00. The highest BCUT2D eigenvalue weighted by Gasteiger charge is 2.08. The molecule has 2 rings (SSSR count). The summed E-state index contributed by atoms with van der Waals surface area (Å²) >= 11 is 1.51. The molecule has 120 valence electrons. The van der Waals surface area contributed by atoms with E-state index in [1.165, 1.54) is 17.3 Å². The van der Waals surface area contributed by atoms with Gasteiger partial charge in [-0.3, -0.25) is 9.59 Å². The third-order valence-electron chi connectivity index (χ3n) is 3.34. The van der Waals surface area contributed by atoms with E-state index in [1.807, 2.05) is 13.8 Å². The van der Waals surface area contributed by atoms with Crippen molar-refractivity contribution in [2.45, 2.75) is 18.7 Å². The van der Waals surface area contributed by atoms with Crippen LogP contribution in [0.1, 0.15) is 21.5 Å². The number of anilines is 1. The zero-order valence-corrected chi connectivity index (χ0v) is 14.3. The maximum Gasteiger partial charge on any atom is 0.251 e. The van der Waals surface area contributed by atoms with Gasteiger partial charge in [-0.1, -0.05) is 23.8 Å². The van der Waals surface area contributed by atoms with Gasteiger partial charge in [0, 0.05) is 23.2 Å². The number of carbonyl (C=O) groups excluding carboxylic acids is 2. The van der Waals surface area contributed by atoms with Crippen LogP contribution >= 0.6 is 11.8 Å². The minimum Gasteiger partial charge on any atom is -0.355 e. The number of carbonyl (C=O) groups is 2. The van der Waals surface area contributed by atoms with Crippen LogP contribution in [0.4, 0.5) is 5.69 Å². The number of nitrogens with one attached hydrogen (secondary N) is 2. The fourth-order valence-corrected chi connectivity index (χ4v) is 3.01. The van der Waals surface area contributed by atoms with E-state index >= 15 is 0 Å². The van der Waals surface area contributed by atoms with Gasteiger partial charge in [0.1, 0.15) is 0 Å². The molecule has 0 bridgehead atoms. The summed E-state index contributed by atoms with van der Waals surface area (Å²) in [7, 11) is 1.58. The molecule has 0 aliphatic heterocycles. The quantitative estimate of drug-likeness (QED) is 0.827. The smallest absolute Gasteiger partial charge is 0.251 e. The van der Waals surface area contributed by atoms with Crippen LogP contribution in [0.25, 0.3) is 0 Å². The molecule has 0 radical (unpaired) electrons. The first-order chi connectivity index (χ1) is 11.0. The fraction of sp³-hybridized carbons (Fsp3) is 0.222. The zero-order valence-electron chi connectivity index (χ0n) is 13.5. The molecule has 2 amide bonds. The van der Waals surface area contributed by atoms with Gasteiger partial charge in [-0.2, -0.15) is 0 Å². The lowest BCUT2D eigenvalue weighted by atomic mass is 10.2. The molecule has 0 saturated heterocycles. The third kappa shape index (κ3) is 4.86. The van der Waals surface area contributed by atoms with Gasteiger partial charge in [-0.15, -0.1) is 11.8 Å². The normalized spacial score (nSPS) is 10.2. The van der Waals surface area contributed by atoms with Gasteiger partial charge < -0.3 is 10.6 Å². The Bertz CT molecular complexity index is 729. The van der Waals surface area contributed by atoms with Crippen LogP contribution in [0.2, 0.25) is 0 Å². The van der Waals surface area contributed by atoms with Crippen molar-refractivity contribution in [1.29, 1.82) is 0 Å². The number of aryl methyl sites for hydroxylation is 2. The lowest BCUT2D eigenvalue weighted by Gasteiger charge is -2.09. The highest BCUT2D eigenvalue weighted by Crippen LogP contribution is 2.23. The Morgan fingerprint density at radius 3 is 2.61 bits per heavy atom. The second-order valence-corrected chi connectivity index (χ2v) is 6.28. The number of hydrogen-bond acceptors (Lipinski definition) is 3. The molecule has 0 spiro atoms. The van der Waals surface area contributed by atoms with E-state index in [4.69, 9.17) is 0 Å². The molecule has 2 N–H and O–H groups in total. The molecule has 23 heavy (non-hydrogen) atoms. The molecule has 0 aliphatic rings. The van der Waals surface area contributed by atoms with E-state index in [0.717, 1.165) is 10.5 Å². The Labute approximate surface area is 140 Å². The van der Waals surface area contributed by atoms with Crippen LogP contribution in [-0.2, 0) is 4.79 Å². The lowest BCUT2D eigenvalue weighted by Crippen LogP contribution is -2.19. The molecule has 0 atom stereocenters. The summed E-state index contributed by atoms with van der Waals surface area (Å²) < 4.78 is 0. The molecule has 4 nitrogen and oxygen atoms in total. The van der Waals surface area contributed by atoms with Gasteiger partial charge >= 0.3 is 0 Å². The second-order valence-electron chi connectivity index (χ2n) is 5.27. The van der Waals surface area contributed by atoms with Gasteiger partial charge in [-0.25, -0.2) is 0 Å². The van der Waals surface area contributed by atoms with Crippen molar-refractivity contribution >= 4 is 29.3 Å². The largest absolute Gasteiger partial charge is 0.355 e. The Hall–Kier alpha value is -2.27. The van der Waals surface area contributed by atoms with E-state index in [9.17, 15) is 9.59 Å². The SMILES string of the molecule is CNC(=O)c1cccc(NC(=O)CSc2cc(C)ccc2C)c1. The fourth-order valence-electron chi connectivity index (χ4n) is 2.09. The van der Waals surface area contributed by atoms with Crippen molar-refractivity contribution < 1.29 is 9.59 Å². The van der Waals surface area contributed by atoms with Gasteiger partial charge in [-0.05, 0) is 43.7 Å². The molecule has 0 aliphatic carbocycles. The summed E-state index contributed by atoms with van der Waals surface area (Å²) in [6.07, 6.45) is 0. The zero-order chi connectivity index (χ0) is 16.8. The number of hydrogen-bond donors (Lipinski definition) is 2. The van der Waals surface area contributed by atoms with Crippen LogP contribution < -0.4 is 10.6 Å². The van der Waals surface area contributed by atoms with Gasteiger partial charge in [0.15, 0.2) is 0 Å². The lowest BCUT2D eigenvalue weighted by molar-refractivity contribution is -0.113. The summed E-state index contributed by atoms with van der Waals surface area (Å²) in [4.78, 5) is 24.8.